The first-order valence-corrected chi connectivity index (χ1v) is 6.71. The lowest BCUT2D eigenvalue weighted by molar-refractivity contribution is 0.218. The van der Waals surface area contributed by atoms with Crippen LogP contribution in [0.15, 0.2) is 12.1 Å². The fourth-order valence-electron chi connectivity index (χ4n) is 2.21. The Hall–Kier alpha value is -1.45. The number of rotatable bonds is 5. The van der Waals surface area contributed by atoms with E-state index in [1.54, 1.807) is 12.1 Å². The predicted molar refractivity (Wildman–Crippen MR) is 71.9 cm³/mol. The van der Waals surface area contributed by atoms with Gasteiger partial charge in [0.25, 0.3) is 0 Å². The number of hydrogen-bond acceptors (Lipinski definition) is 4. The van der Waals surface area contributed by atoms with E-state index in [4.69, 9.17) is 15.2 Å². The van der Waals surface area contributed by atoms with Crippen LogP contribution < -0.4 is 15.2 Å². The Kier molecular flexibility index (Phi) is 4.28. The monoisotopic (exact) mass is 250 g/mol. The first-order valence-electron chi connectivity index (χ1n) is 6.71. The molecule has 4 heteroatoms. The molecule has 0 saturated heterocycles. The lowest BCUT2D eigenvalue weighted by Gasteiger charge is -2.14. The molecule has 0 atom stereocenters. The molecule has 0 aliphatic heterocycles. The predicted octanol–water partition coefficient (Wildman–Crippen LogP) is 3.02. The van der Waals surface area contributed by atoms with Gasteiger partial charge in [0.05, 0.1) is 18.4 Å². The number of pyridine rings is 1. The molecule has 0 radical (unpaired) electrons. The minimum Gasteiger partial charge on any atom is -0.477 e. The quantitative estimate of drug-likeness (QED) is 0.872. The van der Waals surface area contributed by atoms with Gasteiger partial charge >= 0.3 is 0 Å². The number of nitrogen functional groups attached to an aromatic ring is 1. The van der Waals surface area contributed by atoms with Gasteiger partial charge in [-0.2, -0.15) is 4.98 Å². The lowest BCUT2D eigenvalue weighted by atomic mass is 10.1. The molecule has 2 N–H and O–H groups in total. The highest BCUT2D eigenvalue weighted by molar-refractivity contribution is 5.49. The van der Waals surface area contributed by atoms with Crippen molar-refractivity contribution in [2.24, 2.45) is 5.92 Å². The van der Waals surface area contributed by atoms with Crippen LogP contribution in [-0.2, 0) is 0 Å². The van der Waals surface area contributed by atoms with Crippen LogP contribution in [0.2, 0.25) is 0 Å². The summed E-state index contributed by atoms with van der Waals surface area (Å²) < 4.78 is 11.3. The molecular formula is C14H22N2O2. The summed E-state index contributed by atoms with van der Waals surface area (Å²) in [7, 11) is 0. The molecule has 4 nitrogen and oxygen atoms in total. The highest BCUT2D eigenvalue weighted by atomic mass is 16.5. The van der Waals surface area contributed by atoms with Crippen LogP contribution >= 0.6 is 0 Å². The van der Waals surface area contributed by atoms with E-state index in [2.05, 4.69) is 4.98 Å². The number of anilines is 1. The second kappa shape index (κ2) is 5.94. The van der Waals surface area contributed by atoms with E-state index < -0.39 is 0 Å². The van der Waals surface area contributed by atoms with E-state index in [0.717, 1.165) is 6.61 Å². The van der Waals surface area contributed by atoms with Gasteiger partial charge in [-0.3, -0.25) is 0 Å². The van der Waals surface area contributed by atoms with Crippen molar-refractivity contribution in [2.75, 3.05) is 12.3 Å². The van der Waals surface area contributed by atoms with Gasteiger partial charge in [-0.15, -0.1) is 0 Å². The Morgan fingerprint density at radius 2 is 2.06 bits per heavy atom. The number of hydrogen-bond donors (Lipinski definition) is 1. The zero-order valence-electron chi connectivity index (χ0n) is 11.2. The number of nitrogens with zero attached hydrogens (tertiary/aromatic N) is 1. The van der Waals surface area contributed by atoms with Gasteiger partial charge in [0.1, 0.15) is 0 Å². The van der Waals surface area contributed by atoms with E-state index in [1.807, 2.05) is 13.8 Å². The standard InChI is InChI=1S/C14H22N2O2/c1-10(2)18-14-12(15)7-8-13(16-14)17-9-11-5-3-4-6-11/h7-8,10-11H,3-6,9,15H2,1-2H3. The van der Waals surface area contributed by atoms with E-state index in [-0.39, 0.29) is 6.10 Å². The third-order valence-corrected chi connectivity index (χ3v) is 3.15. The summed E-state index contributed by atoms with van der Waals surface area (Å²) in [5, 5.41) is 0. The molecule has 1 aliphatic carbocycles. The second-order valence-corrected chi connectivity index (χ2v) is 5.17. The number of nitrogens with two attached hydrogens (primary N) is 1. The highest BCUT2D eigenvalue weighted by Gasteiger charge is 2.16. The summed E-state index contributed by atoms with van der Waals surface area (Å²) in [5.41, 5.74) is 6.37. The fraction of sp³-hybridized carbons (Fsp3) is 0.643. The molecule has 2 rings (SSSR count). The lowest BCUT2D eigenvalue weighted by Crippen LogP contribution is -2.12. The summed E-state index contributed by atoms with van der Waals surface area (Å²) in [6.45, 7) is 4.65. The smallest absolute Gasteiger partial charge is 0.240 e. The van der Waals surface area contributed by atoms with E-state index >= 15 is 0 Å². The van der Waals surface area contributed by atoms with Crippen LogP contribution in [0.25, 0.3) is 0 Å². The molecule has 0 bridgehead atoms. The third kappa shape index (κ3) is 3.52. The Balaban J connectivity index is 1.95. The van der Waals surface area contributed by atoms with Crippen molar-refractivity contribution >= 4 is 5.69 Å². The van der Waals surface area contributed by atoms with Crippen LogP contribution in [0.4, 0.5) is 5.69 Å². The molecule has 0 amide bonds. The minimum absolute atomic E-state index is 0.0601. The molecule has 1 aromatic rings. The van der Waals surface area contributed by atoms with Crippen LogP contribution in [0.5, 0.6) is 11.8 Å². The van der Waals surface area contributed by atoms with Gasteiger partial charge in [0, 0.05) is 6.07 Å². The van der Waals surface area contributed by atoms with Gasteiger partial charge in [-0.25, -0.2) is 0 Å². The second-order valence-electron chi connectivity index (χ2n) is 5.17. The Morgan fingerprint density at radius 1 is 1.33 bits per heavy atom. The Labute approximate surface area is 108 Å². The fourth-order valence-corrected chi connectivity index (χ4v) is 2.21. The maximum absolute atomic E-state index is 5.81. The van der Waals surface area contributed by atoms with Crippen LogP contribution in [-0.4, -0.2) is 17.7 Å². The molecule has 0 unspecified atom stereocenters. The first-order chi connectivity index (χ1) is 8.65. The zero-order chi connectivity index (χ0) is 13.0. The van der Waals surface area contributed by atoms with Crippen molar-refractivity contribution in [1.29, 1.82) is 0 Å². The Bertz CT molecular complexity index is 387. The summed E-state index contributed by atoms with van der Waals surface area (Å²) >= 11 is 0. The molecule has 1 saturated carbocycles. The van der Waals surface area contributed by atoms with Gasteiger partial charge in [-0.1, -0.05) is 12.8 Å². The molecule has 18 heavy (non-hydrogen) atoms. The van der Waals surface area contributed by atoms with Crippen LogP contribution in [0.3, 0.4) is 0 Å². The molecule has 1 aromatic heterocycles. The molecular weight excluding hydrogens is 228 g/mol. The summed E-state index contributed by atoms with van der Waals surface area (Å²) in [6.07, 6.45) is 5.25. The van der Waals surface area contributed by atoms with Crippen molar-refractivity contribution in [3.8, 4) is 11.8 Å². The zero-order valence-corrected chi connectivity index (χ0v) is 11.2. The minimum atomic E-state index is 0.0601. The van der Waals surface area contributed by atoms with E-state index in [9.17, 15) is 0 Å². The van der Waals surface area contributed by atoms with Gasteiger partial charge in [-0.05, 0) is 38.7 Å². The van der Waals surface area contributed by atoms with Crippen molar-refractivity contribution in [2.45, 2.75) is 45.6 Å². The molecule has 1 heterocycles. The summed E-state index contributed by atoms with van der Waals surface area (Å²) in [4.78, 5) is 4.30. The maximum Gasteiger partial charge on any atom is 0.240 e. The third-order valence-electron chi connectivity index (χ3n) is 3.15. The summed E-state index contributed by atoms with van der Waals surface area (Å²) in [6, 6.07) is 3.59. The van der Waals surface area contributed by atoms with Crippen molar-refractivity contribution < 1.29 is 9.47 Å². The van der Waals surface area contributed by atoms with Crippen LogP contribution in [0.1, 0.15) is 39.5 Å². The van der Waals surface area contributed by atoms with Crippen molar-refractivity contribution in [3.63, 3.8) is 0 Å². The number of ether oxygens (including phenoxy) is 2. The normalized spacial score (nSPS) is 16.2. The molecule has 100 valence electrons. The van der Waals surface area contributed by atoms with Crippen LogP contribution in [0, 0.1) is 5.92 Å². The SMILES string of the molecule is CC(C)Oc1nc(OCC2CCCC2)ccc1N. The maximum atomic E-state index is 5.81. The van der Waals surface area contributed by atoms with Crippen molar-refractivity contribution in [1.82, 2.24) is 4.98 Å². The summed E-state index contributed by atoms with van der Waals surface area (Å²) in [5.74, 6) is 1.75. The molecule has 1 aliphatic rings. The first kappa shape index (κ1) is 13.0. The topological polar surface area (TPSA) is 57.4 Å². The highest BCUT2D eigenvalue weighted by Crippen LogP contribution is 2.27. The van der Waals surface area contributed by atoms with Gasteiger partial charge in [0.2, 0.25) is 11.8 Å². The van der Waals surface area contributed by atoms with E-state index in [1.165, 1.54) is 25.7 Å². The van der Waals surface area contributed by atoms with E-state index in [0.29, 0.717) is 23.4 Å². The van der Waals surface area contributed by atoms with Gasteiger partial charge in [0.15, 0.2) is 0 Å². The average Bonchev–Trinajstić information content (AvgIpc) is 2.82. The molecule has 0 aromatic carbocycles. The largest absolute Gasteiger partial charge is 0.477 e. The van der Waals surface area contributed by atoms with Crippen molar-refractivity contribution in [3.05, 3.63) is 12.1 Å². The Morgan fingerprint density at radius 3 is 2.72 bits per heavy atom. The molecule has 0 spiro atoms. The van der Waals surface area contributed by atoms with Gasteiger partial charge < -0.3 is 15.2 Å². The molecule has 1 fully saturated rings. The average molecular weight is 250 g/mol. The number of aromatic nitrogens is 1.